The number of anilines is 1. The van der Waals surface area contributed by atoms with Gasteiger partial charge in [0.2, 0.25) is 5.95 Å². The lowest BCUT2D eigenvalue weighted by atomic mass is 9.95. The molecule has 0 bridgehead atoms. The Morgan fingerprint density at radius 2 is 2.10 bits per heavy atom. The summed E-state index contributed by atoms with van der Waals surface area (Å²) >= 11 is 0. The number of nitrogens with zero attached hydrogens (tertiary/aromatic N) is 2. The van der Waals surface area contributed by atoms with Gasteiger partial charge in [-0.3, -0.25) is 4.57 Å². The van der Waals surface area contributed by atoms with Gasteiger partial charge in [-0.25, -0.2) is 9.78 Å². The molecule has 6 heteroatoms. The molecule has 0 spiro atoms. The lowest BCUT2D eigenvalue weighted by Gasteiger charge is -2.30. The number of imidazole rings is 1. The third kappa shape index (κ3) is 3.38. The highest BCUT2D eigenvalue weighted by atomic mass is 16.5. The van der Waals surface area contributed by atoms with E-state index < -0.39 is 6.04 Å². The average Bonchev–Trinajstić information content (AvgIpc) is 3.09. The molecule has 0 aliphatic carbocycles. The minimum Gasteiger partial charge on any atom is -0.494 e. The zero-order valence-corrected chi connectivity index (χ0v) is 16.5. The Morgan fingerprint density at radius 3 is 2.90 bits per heavy atom. The van der Waals surface area contributed by atoms with Gasteiger partial charge in [0.05, 0.1) is 29.3 Å². The summed E-state index contributed by atoms with van der Waals surface area (Å²) in [6.07, 6.45) is 1.56. The van der Waals surface area contributed by atoms with E-state index in [0.717, 1.165) is 22.3 Å². The van der Waals surface area contributed by atoms with E-state index in [1.165, 1.54) is 0 Å². The van der Waals surface area contributed by atoms with Crippen LogP contribution in [0.1, 0.15) is 25.5 Å². The third-order valence-electron chi connectivity index (χ3n) is 4.87. The fourth-order valence-electron chi connectivity index (χ4n) is 3.70. The highest BCUT2D eigenvalue weighted by molar-refractivity contribution is 5.94. The molecule has 0 fully saturated rings. The summed E-state index contributed by atoms with van der Waals surface area (Å²) in [4.78, 5) is 17.7. The van der Waals surface area contributed by atoms with Gasteiger partial charge in [-0.15, -0.1) is 0 Å². The molecule has 1 aliphatic rings. The first kappa shape index (κ1) is 18.8. The zero-order chi connectivity index (χ0) is 20.4. The highest BCUT2D eigenvalue weighted by Crippen LogP contribution is 2.40. The van der Waals surface area contributed by atoms with Gasteiger partial charge in [0.25, 0.3) is 0 Å². The zero-order valence-electron chi connectivity index (χ0n) is 16.5. The molecule has 1 aliphatic heterocycles. The van der Waals surface area contributed by atoms with Crippen LogP contribution in [0.25, 0.3) is 11.0 Å². The first-order valence-electron chi connectivity index (χ1n) is 9.59. The maximum Gasteiger partial charge on any atom is 0.338 e. The van der Waals surface area contributed by atoms with E-state index in [1.54, 1.807) is 6.08 Å². The first-order valence-corrected chi connectivity index (χ1v) is 9.59. The second-order valence-corrected chi connectivity index (χ2v) is 6.75. The van der Waals surface area contributed by atoms with Gasteiger partial charge in [0, 0.05) is 5.70 Å². The topological polar surface area (TPSA) is 65.4 Å². The molecule has 2 heterocycles. The fourth-order valence-corrected chi connectivity index (χ4v) is 3.70. The van der Waals surface area contributed by atoms with E-state index in [2.05, 4.69) is 11.9 Å². The fraction of sp³-hybridized carbons (Fsp3) is 0.217. The number of fused-ring (bicyclic) bond motifs is 3. The lowest BCUT2D eigenvalue weighted by molar-refractivity contribution is -0.138. The van der Waals surface area contributed by atoms with Crippen LogP contribution in [0.15, 0.2) is 72.5 Å². The van der Waals surface area contributed by atoms with Crippen molar-refractivity contribution < 1.29 is 14.3 Å². The van der Waals surface area contributed by atoms with Crippen LogP contribution in [-0.2, 0) is 9.53 Å². The molecule has 0 amide bonds. The van der Waals surface area contributed by atoms with Crippen molar-refractivity contribution in [2.45, 2.75) is 19.9 Å². The van der Waals surface area contributed by atoms with E-state index >= 15 is 0 Å². The number of para-hydroxylation sites is 2. The Hall–Kier alpha value is -3.54. The van der Waals surface area contributed by atoms with Gasteiger partial charge >= 0.3 is 5.97 Å². The minimum absolute atomic E-state index is 0.152. The van der Waals surface area contributed by atoms with E-state index in [0.29, 0.717) is 23.8 Å². The summed E-state index contributed by atoms with van der Waals surface area (Å²) in [5.74, 6) is 1.06. The SMILES string of the molecule is C=CCOC(=O)C1=C(C)Nc2nc3ccccc3n2C1c1cccc(OCC)c1. The number of carbonyl (C=O) groups excluding carboxylic acids is 1. The molecule has 1 N–H and O–H groups in total. The van der Waals surface area contributed by atoms with E-state index in [1.807, 2.05) is 66.9 Å². The van der Waals surface area contributed by atoms with Gasteiger partial charge in [-0.2, -0.15) is 0 Å². The van der Waals surface area contributed by atoms with Crippen LogP contribution < -0.4 is 10.1 Å². The molecule has 1 aromatic heterocycles. The standard InChI is InChI=1S/C23H23N3O3/c1-4-13-29-22(27)20-15(3)24-23-25-18-11-6-7-12-19(18)26(23)21(20)16-9-8-10-17(14-16)28-5-2/h4,6-12,14,21H,1,5,13H2,2-3H3,(H,24,25). The maximum atomic E-state index is 13.0. The Balaban J connectivity index is 1.92. The number of carbonyl (C=O) groups is 1. The summed E-state index contributed by atoms with van der Waals surface area (Å²) in [5.41, 5.74) is 3.97. The second kappa shape index (κ2) is 7.83. The molecular formula is C23H23N3O3. The molecule has 1 atom stereocenters. The number of hydrogen-bond acceptors (Lipinski definition) is 5. The molecule has 0 radical (unpaired) electrons. The predicted molar refractivity (Wildman–Crippen MR) is 113 cm³/mol. The molecule has 29 heavy (non-hydrogen) atoms. The first-order chi connectivity index (χ1) is 14.1. The molecule has 1 unspecified atom stereocenters. The van der Waals surface area contributed by atoms with Crippen molar-refractivity contribution in [1.29, 1.82) is 0 Å². The molecular weight excluding hydrogens is 366 g/mol. The largest absolute Gasteiger partial charge is 0.494 e. The maximum absolute atomic E-state index is 13.0. The molecule has 4 rings (SSSR count). The van der Waals surface area contributed by atoms with Gasteiger partial charge in [0.15, 0.2) is 0 Å². The monoisotopic (exact) mass is 389 g/mol. The van der Waals surface area contributed by atoms with E-state index in [9.17, 15) is 4.79 Å². The lowest BCUT2D eigenvalue weighted by Crippen LogP contribution is -2.29. The number of aromatic nitrogens is 2. The Bertz CT molecular complexity index is 1110. The number of benzene rings is 2. The third-order valence-corrected chi connectivity index (χ3v) is 4.87. The van der Waals surface area contributed by atoms with Gasteiger partial charge < -0.3 is 14.8 Å². The second-order valence-electron chi connectivity index (χ2n) is 6.75. The molecule has 6 nitrogen and oxygen atoms in total. The number of ether oxygens (including phenoxy) is 2. The number of allylic oxidation sites excluding steroid dienone is 1. The van der Waals surface area contributed by atoms with Gasteiger partial charge in [0.1, 0.15) is 12.4 Å². The molecule has 148 valence electrons. The Kier molecular flexibility index (Phi) is 5.08. The number of nitrogens with one attached hydrogen (secondary N) is 1. The summed E-state index contributed by atoms with van der Waals surface area (Å²) in [6, 6.07) is 15.3. The van der Waals surface area contributed by atoms with Crippen LogP contribution in [0.3, 0.4) is 0 Å². The van der Waals surface area contributed by atoms with Crippen LogP contribution in [-0.4, -0.2) is 28.7 Å². The van der Waals surface area contributed by atoms with Crippen molar-refractivity contribution >= 4 is 23.0 Å². The predicted octanol–water partition coefficient (Wildman–Crippen LogP) is 4.45. The van der Waals surface area contributed by atoms with Crippen LogP contribution in [0.5, 0.6) is 5.75 Å². The molecule has 0 saturated heterocycles. The number of hydrogen-bond donors (Lipinski definition) is 1. The van der Waals surface area contributed by atoms with Gasteiger partial charge in [-0.1, -0.05) is 36.9 Å². The molecule has 3 aromatic rings. The molecule has 2 aromatic carbocycles. The molecule has 0 saturated carbocycles. The van der Waals surface area contributed by atoms with E-state index in [4.69, 9.17) is 14.5 Å². The van der Waals surface area contributed by atoms with Crippen LogP contribution >= 0.6 is 0 Å². The van der Waals surface area contributed by atoms with Crippen molar-refractivity contribution in [3.63, 3.8) is 0 Å². The number of rotatable bonds is 6. The van der Waals surface area contributed by atoms with E-state index in [-0.39, 0.29) is 12.6 Å². The summed E-state index contributed by atoms with van der Waals surface area (Å²) in [6.45, 7) is 8.17. The normalized spacial score (nSPS) is 15.6. The summed E-state index contributed by atoms with van der Waals surface area (Å²) in [7, 11) is 0. The minimum atomic E-state index is -0.392. The Labute approximate surface area is 169 Å². The summed E-state index contributed by atoms with van der Waals surface area (Å²) in [5, 5.41) is 3.27. The van der Waals surface area contributed by atoms with Crippen molar-refractivity contribution in [3.05, 3.63) is 78.0 Å². The van der Waals surface area contributed by atoms with Crippen molar-refractivity contribution in [3.8, 4) is 5.75 Å². The van der Waals surface area contributed by atoms with Crippen LogP contribution in [0, 0.1) is 0 Å². The quantitative estimate of drug-likeness (QED) is 0.498. The van der Waals surface area contributed by atoms with Crippen molar-refractivity contribution in [1.82, 2.24) is 9.55 Å². The van der Waals surface area contributed by atoms with Gasteiger partial charge in [-0.05, 0) is 43.7 Å². The Morgan fingerprint density at radius 1 is 1.28 bits per heavy atom. The van der Waals surface area contributed by atoms with Crippen molar-refractivity contribution in [2.75, 3.05) is 18.5 Å². The highest BCUT2D eigenvalue weighted by Gasteiger charge is 2.35. The van der Waals surface area contributed by atoms with Crippen LogP contribution in [0.4, 0.5) is 5.95 Å². The van der Waals surface area contributed by atoms with Crippen LogP contribution in [0.2, 0.25) is 0 Å². The average molecular weight is 389 g/mol. The number of esters is 1. The summed E-state index contributed by atoms with van der Waals surface area (Å²) < 4.78 is 13.1. The smallest absolute Gasteiger partial charge is 0.338 e. The van der Waals surface area contributed by atoms with Crippen molar-refractivity contribution in [2.24, 2.45) is 0 Å².